The fraction of sp³-hybridized carbons (Fsp3) is 0.636. The van der Waals surface area contributed by atoms with E-state index in [1.807, 2.05) is 9.80 Å². The largest absolute Gasteiger partial charge is 0.418 e. The minimum atomic E-state index is -4.52. The van der Waals surface area contributed by atoms with Gasteiger partial charge in [-0.2, -0.15) is 13.2 Å². The van der Waals surface area contributed by atoms with E-state index in [0.717, 1.165) is 17.9 Å². The lowest BCUT2D eigenvalue weighted by Crippen LogP contribution is -2.50. The van der Waals surface area contributed by atoms with Gasteiger partial charge in [0.1, 0.15) is 0 Å². The third-order valence-electron chi connectivity index (χ3n) is 6.92. The molecule has 8 heteroatoms. The highest BCUT2D eigenvalue weighted by molar-refractivity contribution is 5.93. The fourth-order valence-electron chi connectivity index (χ4n) is 5.37. The number of hydrogen-bond acceptors (Lipinski definition) is 3. The number of anilines is 1. The number of nitrogens with one attached hydrogen (secondary N) is 1. The molecule has 5 nitrogen and oxygen atoms in total. The van der Waals surface area contributed by atoms with E-state index in [4.69, 9.17) is 0 Å². The van der Waals surface area contributed by atoms with Gasteiger partial charge in [0.25, 0.3) is 0 Å². The van der Waals surface area contributed by atoms with Crippen LogP contribution in [0.2, 0.25) is 0 Å². The number of hydrogen-bond donors (Lipinski definition) is 1. The average Bonchev–Trinajstić information content (AvgIpc) is 3.31. The van der Waals surface area contributed by atoms with Crippen molar-refractivity contribution in [2.75, 3.05) is 38.0 Å². The maximum Gasteiger partial charge on any atom is 0.418 e. The Morgan fingerprint density at radius 3 is 2.40 bits per heavy atom. The molecule has 0 spiro atoms. The van der Waals surface area contributed by atoms with E-state index in [1.165, 1.54) is 43.9 Å². The fourth-order valence-corrected chi connectivity index (χ4v) is 5.37. The number of carbonyl (C=O) groups is 2. The van der Waals surface area contributed by atoms with Gasteiger partial charge >= 0.3 is 6.18 Å². The Bertz CT molecular complexity index is 790. The van der Waals surface area contributed by atoms with Gasteiger partial charge in [-0.1, -0.05) is 18.6 Å². The third-order valence-corrected chi connectivity index (χ3v) is 6.92. The number of alkyl halides is 3. The van der Waals surface area contributed by atoms with Crippen LogP contribution < -0.4 is 5.32 Å². The summed E-state index contributed by atoms with van der Waals surface area (Å²) in [4.78, 5) is 28.7. The number of nitrogens with zero attached hydrogens (tertiary/aromatic N) is 2. The highest BCUT2D eigenvalue weighted by Gasteiger charge is 2.41. The van der Waals surface area contributed by atoms with Gasteiger partial charge in [-0.05, 0) is 49.1 Å². The summed E-state index contributed by atoms with van der Waals surface area (Å²) in [6.45, 7) is 2.24. The first-order valence-corrected chi connectivity index (χ1v) is 10.8. The molecule has 30 heavy (non-hydrogen) atoms. The van der Waals surface area contributed by atoms with Crippen molar-refractivity contribution in [2.45, 2.75) is 38.3 Å². The number of rotatable bonds is 5. The number of benzene rings is 1. The zero-order chi connectivity index (χ0) is 21.3. The van der Waals surface area contributed by atoms with E-state index in [2.05, 4.69) is 5.32 Å². The Hall–Kier alpha value is -2.09. The maximum atomic E-state index is 13.1. The van der Waals surface area contributed by atoms with Crippen molar-refractivity contribution in [1.29, 1.82) is 0 Å². The van der Waals surface area contributed by atoms with E-state index >= 15 is 0 Å². The topological polar surface area (TPSA) is 52.7 Å². The monoisotopic (exact) mass is 423 g/mol. The molecule has 164 valence electrons. The molecule has 4 rings (SSSR count). The van der Waals surface area contributed by atoms with Crippen molar-refractivity contribution >= 4 is 17.5 Å². The summed E-state index contributed by atoms with van der Waals surface area (Å²) in [5.74, 6) is 1.81. The minimum absolute atomic E-state index is 0.0145. The van der Waals surface area contributed by atoms with E-state index in [-0.39, 0.29) is 18.1 Å². The predicted octanol–water partition coefficient (Wildman–Crippen LogP) is 3.61. The van der Waals surface area contributed by atoms with Gasteiger partial charge in [0.05, 0.1) is 17.8 Å². The molecule has 1 aliphatic heterocycles. The molecule has 1 aromatic carbocycles. The summed E-state index contributed by atoms with van der Waals surface area (Å²) in [6.07, 6.45) is 1.19. The molecule has 1 saturated heterocycles. The number of fused-ring (bicyclic) bond motifs is 2. The van der Waals surface area contributed by atoms with Crippen LogP contribution in [-0.4, -0.2) is 54.3 Å². The highest BCUT2D eigenvalue weighted by atomic mass is 19.4. The first-order valence-electron chi connectivity index (χ1n) is 10.8. The molecule has 3 atom stereocenters. The second-order valence-corrected chi connectivity index (χ2v) is 8.89. The van der Waals surface area contributed by atoms with Crippen molar-refractivity contribution in [3.63, 3.8) is 0 Å². The van der Waals surface area contributed by atoms with Crippen LogP contribution in [0, 0.1) is 17.8 Å². The zero-order valence-corrected chi connectivity index (χ0v) is 17.0. The predicted molar refractivity (Wildman–Crippen MR) is 107 cm³/mol. The Kier molecular flexibility index (Phi) is 6.04. The van der Waals surface area contributed by atoms with Gasteiger partial charge in [0.2, 0.25) is 11.8 Å². The molecule has 1 aromatic rings. The molecular formula is C22H28F3N3O2. The summed E-state index contributed by atoms with van der Waals surface area (Å²) >= 11 is 0. The molecule has 2 saturated carbocycles. The van der Waals surface area contributed by atoms with Crippen LogP contribution in [0.25, 0.3) is 0 Å². The van der Waals surface area contributed by atoms with Gasteiger partial charge in [-0.3, -0.25) is 14.5 Å². The van der Waals surface area contributed by atoms with Crippen LogP contribution in [-0.2, 0) is 15.8 Å². The van der Waals surface area contributed by atoms with Gasteiger partial charge in [0.15, 0.2) is 0 Å². The SMILES string of the molecule is O=C(CN1CCN(C(=O)C[C@H]2C[C@@H]3CC[C@@H]2C3)CC1)Nc1ccccc1C(F)(F)F. The van der Waals surface area contributed by atoms with Crippen molar-refractivity contribution < 1.29 is 22.8 Å². The lowest BCUT2D eigenvalue weighted by molar-refractivity contribution is -0.137. The van der Waals surface area contributed by atoms with Crippen LogP contribution >= 0.6 is 0 Å². The van der Waals surface area contributed by atoms with Crippen molar-refractivity contribution in [3.05, 3.63) is 29.8 Å². The molecule has 2 amide bonds. The van der Waals surface area contributed by atoms with Crippen molar-refractivity contribution in [2.24, 2.45) is 17.8 Å². The van der Waals surface area contributed by atoms with Crippen LogP contribution in [0.4, 0.5) is 18.9 Å². The third kappa shape index (κ3) is 4.79. The maximum absolute atomic E-state index is 13.1. The average molecular weight is 423 g/mol. The van der Waals surface area contributed by atoms with Crippen LogP contribution in [0.3, 0.4) is 0 Å². The lowest BCUT2D eigenvalue weighted by Gasteiger charge is -2.35. The molecule has 1 N–H and O–H groups in total. The first kappa shape index (κ1) is 21.2. The van der Waals surface area contributed by atoms with Crippen LogP contribution in [0.1, 0.15) is 37.7 Å². The first-order chi connectivity index (χ1) is 14.3. The summed E-state index contributed by atoms with van der Waals surface area (Å²) in [5, 5.41) is 2.38. The normalized spacial score (nSPS) is 26.8. The Morgan fingerprint density at radius 2 is 1.77 bits per heavy atom. The number of amides is 2. The van der Waals surface area contributed by atoms with Gasteiger partial charge in [0, 0.05) is 32.6 Å². The molecule has 2 aliphatic carbocycles. The molecule has 3 fully saturated rings. The van der Waals surface area contributed by atoms with Crippen LogP contribution in [0.5, 0.6) is 0 Å². The summed E-state index contributed by atoms with van der Waals surface area (Å²) in [5.41, 5.74) is -1.08. The zero-order valence-electron chi connectivity index (χ0n) is 17.0. The molecule has 0 radical (unpaired) electrons. The standard InChI is InChI=1S/C22H28F3N3O2/c23-22(24,25)18-3-1-2-4-19(18)26-20(29)14-27-7-9-28(10-8-27)21(30)13-17-12-15-5-6-16(17)11-15/h1-4,15-17H,5-14H2,(H,26,29)/t15-,16-,17-/m1/s1. The molecule has 0 unspecified atom stereocenters. The van der Waals surface area contributed by atoms with Gasteiger partial charge in [-0.15, -0.1) is 0 Å². The van der Waals surface area contributed by atoms with E-state index in [0.29, 0.717) is 38.5 Å². The smallest absolute Gasteiger partial charge is 0.340 e. The van der Waals surface area contributed by atoms with Gasteiger partial charge < -0.3 is 10.2 Å². The molecular weight excluding hydrogens is 395 g/mol. The molecule has 1 heterocycles. The van der Waals surface area contributed by atoms with Crippen molar-refractivity contribution in [1.82, 2.24) is 9.80 Å². The minimum Gasteiger partial charge on any atom is -0.340 e. The number of para-hydroxylation sites is 1. The number of carbonyl (C=O) groups excluding carboxylic acids is 2. The second-order valence-electron chi connectivity index (χ2n) is 8.89. The Labute approximate surface area is 174 Å². The molecule has 0 aromatic heterocycles. The molecule has 2 bridgehead atoms. The lowest BCUT2D eigenvalue weighted by atomic mass is 9.86. The van der Waals surface area contributed by atoms with Gasteiger partial charge in [-0.25, -0.2) is 0 Å². The summed E-state index contributed by atoms with van der Waals surface area (Å²) in [6, 6.07) is 4.97. The molecule has 3 aliphatic rings. The van der Waals surface area contributed by atoms with E-state index < -0.39 is 17.6 Å². The van der Waals surface area contributed by atoms with E-state index in [1.54, 1.807) is 0 Å². The summed E-state index contributed by atoms with van der Waals surface area (Å²) < 4.78 is 39.2. The van der Waals surface area contributed by atoms with Crippen molar-refractivity contribution in [3.8, 4) is 0 Å². The second kappa shape index (κ2) is 8.57. The summed E-state index contributed by atoms with van der Waals surface area (Å²) in [7, 11) is 0. The van der Waals surface area contributed by atoms with E-state index in [9.17, 15) is 22.8 Å². The van der Waals surface area contributed by atoms with Crippen LogP contribution in [0.15, 0.2) is 24.3 Å². The Balaban J connectivity index is 1.23. The highest BCUT2D eigenvalue weighted by Crippen LogP contribution is 2.49. The Morgan fingerprint density at radius 1 is 1.03 bits per heavy atom. The quantitative estimate of drug-likeness (QED) is 0.787. The number of piperazine rings is 1. The number of halogens is 3.